The second kappa shape index (κ2) is 3.62. The van der Waals surface area contributed by atoms with Crippen LogP contribution >= 0.6 is 11.8 Å². The summed E-state index contributed by atoms with van der Waals surface area (Å²) in [5.74, 6) is -0.995. The van der Waals surface area contributed by atoms with E-state index in [-0.39, 0.29) is 10.9 Å². The Hall–Kier alpha value is -0.970. The summed E-state index contributed by atoms with van der Waals surface area (Å²) in [4.78, 5) is 10.4. The molecule has 0 radical (unpaired) electrons. The van der Waals surface area contributed by atoms with Crippen molar-refractivity contribution in [3.05, 3.63) is 17.5 Å². The maximum Gasteiger partial charge on any atom is 0.356 e. The van der Waals surface area contributed by atoms with Crippen molar-refractivity contribution in [2.45, 2.75) is 12.2 Å². The number of aromatic carboxylic acids is 1. The van der Waals surface area contributed by atoms with Gasteiger partial charge in [-0.2, -0.15) is 16.9 Å². The van der Waals surface area contributed by atoms with Crippen molar-refractivity contribution in [1.29, 1.82) is 0 Å². The number of nitrogens with zero attached hydrogens (tertiary/aromatic N) is 1. The van der Waals surface area contributed by atoms with Crippen LogP contribution in [0.2, 0.25) is 0 Å². The van der Waals surface area contributed by atoms with Gasteiger partial charge in [0.2, 0.25) is 0 Å². The third-order valence-corrected chi connectivity index (χ3v) is 2.57. The Morgan fingerprint density at radius 2 is 2.50 bits per heavy atom. The molecule has 0 spiro atoms. The van der Waals surface area contributed by atoms with Gasteiger partial charge in [0.1, 0.15) is 0 Å². The number of rotatable bonds is 3. The second-order valence-corrected chi connectivity index (χ2v) is 3.57. The van der Waals surface area contributed by atoms with Gasteiger partial charge in [0.15, 0.2) is 5.69 Å². The molecular formula is C7H10N2O2S. The normalized spacial score (nSPS) is 12.8. The molecular weight excluding hydrogens is 176 g/mol. The molecule has 12 heavy (non-hydrogen) atoms. The molecule has 0 aliphatic carbocycles. The van der Waals surface area contributed by atoms with Crippen molar-refractivity contribution in [2.75, 3.05) is 6.26 Å². The highest BCUT2D eigenvalue weighted by Gasteiger charge is 2.11. The minimum Gasteiger partial charge on any atom is -0.476 e. The molecule has 1 heterocycles. The zero-order chi connectivity index (χ0) is 9.14. The smallest absolute Gasteiger partial charge is 0.356 e. The maximum atomic E-state index is 10.4. The van der Waals surface area contributed by atoms with Crippen LogP contribution in [-0.2, 0) is 0 Å². The summed E-state index contributed by atoms with van der Waals surface area (Å²) in [6.07, 6.45) is 1.96. The van der Waals surface area contributed by atoms with Crippen molar-refractivity contribution in [2.24, 2.45) is 0 Å². The molecule has 1 unspecified atom stereocenters. The molecule has 2 N–H and O–H groups in total. The van der Waals surface area contributed by atoms with Crippen LogP contribution in [0.4, 0.5) is 0 Å². The molecule has 0 aliphatic rings. The first-order chi connectivity index (χ1) is 5.65. The average Bonchev–Trinajstić information content (AvgIpc) is 2.51. The second-order valence-electron chi connectivity index (χ2n) is 2.39. The third kappa shape index (κ3) is 1.79. The fourth-order valence-electron chi connectivity index (χ4n) is 0.781. The van der Waals surface area contributed by atoms with E-state index < -0.39 is 5.97 Å². The summed E-state index contributed by atoms with van der Waals surface area (Å²) in [5.41, 5.74) is 0.922. The SMILES string of the molecule is CSC(C)c1cc(C(=O)O)n[nH]1. The lowest BCUT2D eigenvalue weighted by Gasteiger charge is -2.01. The summed E-state index contributed by atoms with van der Waals surface area (Å²) in [5, 5.41) is 15.2. The molecule has 0 aromatic carbocycles. The molecule has 1 rings (SSSR count). The van der Waals surface area contributed by atoms with Gasteiger partial charge in [-0.1, -0.05) is 0 Å². The van der Waals surface area contributed by atoms with E-state index in [0.29, 0.717) is 0 Å². The Morgan fingerprint density at radius 3 is 2.92 bits per heavy atom. The van der Waals surface area contributed by atoms with Gasteiger partial charge in [0, 0.05) is 10.9 Å². The lowest BCUT2D eigenvalue weighted by atomic mass is 10.3. The zero-order valence-electron chi connectivity index (χ0n) is 6.87. The molecule has 0 saturated carbocycles. The Balaban J connectivity index is 2.84. The van der Waals surface area contributed by atoms with E-state index in [1.165, 1.54) is 0 Å². The lowest BCUT2D eigenvalue weighted by molar-refractivity contribution is 0.0690. The Bertz CT molecular complexity index is 285. The van der Waals surface area contributed by atoms with Crippen LogP contribution in [0, 0.1) is 0 Å². The zero-order valence-corrected chi connectivity index (χ0v) is 7.68. The first-order valence-corrected chi connectivity index (χ1v) is 4.75. The third-order valence-electron chi connectivity index (χ3n) is 1.61. The number of nitrogens with one attached hydrogen (secondary N) is 1. The number of carbonyl (C=O) groups is 1. The highest BCUT2D eigenvalue weighted by atomic mass is 32.2. The number of H-pyrrole nitrogens is 1. The van der Waals surface area contributed by atoms with E-state index in [1.54, 1.807) is 17.8 Å². The Labute approximate surface area is 74.4 Å². The number of hydrogen-bond acceptors (Lipinski definition) is 3. The van der Waals surface area contributed by atoms with Crippen molar-refractivity contribution < 1.29 is 9.90 Å². The van der Waals surface area contributed by atoms with Gasteiger partial charge in [0.25, 0.3) is 0 Å². The Kier molecular flexibility index (Phi) is 2.75. The predicted molar refractivity (Wildman–Crippen MR) is 47.5 cm³/mol. The van der Waals surface area contributed by atoms with E-state index in [0.717, 1.165) is 5.69 Å². The standard InChI is InChI=1S/C7H10N2O2S/c1-4(12-2)5-3-6(7(10)11)9-8-5/h3-4H,1-2H3,(H,8,9)(H,10,11). The summed E-state index contributed by atoms with van der Waals surface area (Å²) < 4.78 is 0. The molecule has 4 nitrogen and oxygen atoms in total. The molecule has 0 saturated heterocycles. The van der Waals surface area contributed by atoms with Crippen molar-refractivity contribution >= 4 is 17.7 Å². The summed E-state index contributed by atoms with van der Waals surface area (Å²) in [6.45, 7) is 1.99. The van der Waals surface area contributed by atoms with Crippen LogP contribution < -0.4 is 0 Å². The van der Waals surface area contributed by atoms with Crippen LogP contribution in [0.5, 0.6) is 0 Å². The number of hydrogen-bond donors (Lipinski definition) is 2. The van der Waals surface area contributed by atoms with Crippen LogP contribution in [0.15, 0.2) is 6.07 Å². The molecule has 1 aromatic heterocycles. The number of thioether (sulfide) groups is 1. The quantitative estimate of drug-likeness (QED) is 0.751. The molecule has 0 aliphatic heterocycles. The summed E-state index contributed by atoms with van der Waals surface area (Å²) in [6, 6.07) is 1.56. The van der Waals surface area contributed by atoms with E-state index in [4.69, 9.17) is 5.11 Å². The predicted octanol–water partition coefficient (Wildman–Crippen LogP) is 1.53. The van der Waals surface area contributed by atoms with Gasteiger partial charge in [-0.3, -0.25) is 5.10 Å². The highest BCUT2D eigenvalue weighted by molar-refractivity contribution is 7.98. The van der Waals surface area contributed by atoms with Crippen molar-refractivity contribution in [3.63, 3.8) is 0 Å². The molecule has 0 amide bonds. The first kappa shape index (κ1) is 9.12. The molecule has 0 bridgehead atoms. The molecule has 1 aromatic rings. The largest absolute Gasteiger partial charge is 0.476 e. The molecule has 0 fully saturated rings. The topological polar surface area (TPSA) is 66.0 Å². The van der Waals surface area contributed by atoms with Gasteiger partial charge in [0.05, 0.1) is 0 Å². The summed E-state index contributed by atoms with van der Waals surface area (Å²) in [7, 11) is 0. The first-order valence-electron chi connectivity index (χ1n) is 3.46. The van der Waals surface area contributed by atoms with Gasteiger partial charge < -0.3 is 5.11 Å². The monoisotopic (exact) mass is 186 g/mol. The number of carboxylic acids is 1. The fourth-order valence-corrected chi connectivity index (χ4v) is 1.16. The van der Waals surface area contributed by atoms with Crippen molar-refractivity contribution in [3.8, 4) is 0 Å². The van der Waals surface area contributed by atoms with Gasteiger partial charge >= 0.3 is 5.97 Å². The van der Waals surface area contributed by atoms with E-state index in [1.807, 2.05) is 13.2 Å². The minimum absolute atomic E-state index is 0.0749. The van der Waals surface area contributed by atoms with Crippen LogP contribution in [0.25, 0.3) is 0 Å². The average molecular weight is 186 g/mol. The molecule has 66 valence electrons. The molecule has 1 atom stereocenters. The number of aromatic amines is 1. The lowest BCUT2D eigenvalue weighted by Crippen LogP contribution is -1.95. The van der Waals surface area contributed by atoms with Crippen LogP contribution in [-0.4, -0.2) is 27.5 Å². The number of aromatic nitrogens is 2. The Morgan fingerprint density at radius 1 is 1.83 bits per heavy atom. The van der Waals surface area contributed by atoms with Gasteiger partial charge in [-0.15, -0.1) is 0 Å². The number of carboxylic acid groups (broad SMARTS) is 1. The summed E-state index contributed by atoms with van der Waals surface area (Å²) >= 11 is 1.64. The highest BCUT2D eigenvalue weighted by Crippen LogP contribution is 2.23. The van der Waals surface area contributed by atoms with E-state index >= 15 is 0 Å². The van der Waals surface area contributed by atoms with Crippen LogP contribution in [0.1, 0.15) is 28.4 Å². The maximum absolute atomic E-state index is 10.4. The van der Waals surface area contributed by atoms with Gasteiger partial charge in [-0.25, -0.2) is 4.79 Å². The van der Waals surface area contributed by atoms with E-state index in [9.17, 15) is 4.79 Å². The van der Waals surface area contributed by atoms with E-state index in [2.05, 4.69) is 10.2 Å². The fraction of sp³-hybridized carbons (Fsp3) is 0.429. The van der Waals surface area contributed by atoms with Crippen LogP contribution in [0.3, 0.4) is 0 Å². The van der Waals surface area contributed by atoms with Gasteiger partial charge in [-0.05, 0) is 19.2 Å². The molecule has 5 heteroatoms. The van der Waals surface area contributed by atoms with Crippen molar-refractivity contribution in [1.82, 2.24) is 10.2 Å². The minimum atomic E-state index is -0.995.